The van der Waals surface area contributed by atoms with Gasteiger partial charge in [-0.05, 0) is 25.2 Å². The number of hydrogen-bond acceptors (Lipinski definition) is 3. The van der Waals surface area contributed by atoms with E-state index in [9.17, 15) is 19.8 Å². The summed E-state index contributed by atoms with van der Waals surface area (Å²) in [6, 6.07) is 0. The first-order valence-corrected chi connectivity index (χ1v) is 10.0. The maximum atomic E-state index is 11.7. The molecule has 1 unspecified atom stereocenters. The topological polar surface area (TPSA) is 83.8 Å². The van der Waals surface area contributed by atoms with Crippen LogP contribution >= 0.6 is 0 Å². The Hall–Kier alpha value is -1.10. The lowest BCUT2D eigenvalue weighted by Crippen LogP contribution is -2.50. The Balaban J connectivity index is 4.57. The highest BCUT2D eigenvalue weighted by Gasteiger charge is 2.47. The van der Waals surface area contributed by atoms with E-state index in [1.165, 1.54) is 19.3 Å². The highest BCUT2D eigenvalue weighted by atomic mass is 16.6. The standard InChI is InChI=1S/C20H38O5/c1-4-7-9-10-11-12-13-15-20(18(21)22,19(23)24)25-16-17(6-3)14-8-5-2/h17H,4-16H2,1-3H3,(H,21,22)(H,23,24). The van der Waals surface area contributed by atoms with Crippen molar-refractivity contribution in [3.63, 3.8) is 0 Å². The van der Waals surface area contributed by atoms with Crippen molar-refractivity contribution in [1.29, 1.82) is 0 Å². The molecule has 0 rings (SSSR count). The van der Waals surface area contributed by atoms with Crippen molar-refractivity contribution in [2.24, 2.45) is 5.92 Å². The number of rotatable bonds is 17. The predicted molar refractivity (Wildman–Crippen MR) is 99.9 cm³/mol. The molecule has 0 bridgehead atoms. The molecule has 0 saturated heterocycles. The van der Waals surface area contributed by atoms with E-state index in [2.05, 4.69) is 13.8 Å². The van der Waals surface area contributed by atoms with E-state index >= 15 is 0 Å². The van der Waals surface area contributed by atoms with Crippen molar-refractivity contribution in [2.75, 3.05) is 6.61 Å². The van der Waals surface area contributed by atoms with Crippen molar-refractivity contribution >= 4 is 11.9 Å². The summed E-state index contributed by atoms with van der Waals surface area (Å²) in [4.78, 5) is 23.4. The normalized spacial score (nSPS) is 12.9. The smallest absolute Gasteiger partial charge is 0.347 e. The number of carboxylic acids is 2. The second-order valence-electron chi connectivity index (χ2n) is 7.04. The van der Waals surface area contributed by atoms with Crippen LogP contribution in [-0.4, -0.2) is 34.4 Å². The zero-order valence-electron chi connectivity index (χ0n) is 16.4. The molecule has 148 valence electrons. The van der Waals surface area contributed by atoms with E-state index in [4.69, 9.17) is 4.74 Å². The summed E-state index contributed by atoms with van der Waals surface area (Å²) in [6.07, 6.45) is 11.1. The fraction of sp³-hybridized carbons (Fsp3) is 0.900. The molecule has 0 aromatic rings. The number of carbonyl (C=O) groups is 2. The van der Waals surface area contributed by atoms with Crippen molar-refractivity contribution in [2.45, 2.75) is 103 Å². The quantitative estimate of drug-likeness (QED) is 0.273. The van der Waals surface area contributed by atoms with Gasteiger partial charge in [0, 0.05) is 0 Å². The molecule has 0 saturated carbocycles. The Kier molecular flexibility index (Phi) is 13.5. The van der Waals surface area contributed by atoms with Gasteiger partial charge >= 0.3 is 11.9 Å². The molecular formula is C20H38O5. The number of unbranched alkanes of at least 4 members (excludes halogenated alkanes) is 7. The summed E-state index contributed by atoms with van der Waals surface area (Å²) in [5, 5.41) is 19.0. The first-order valence-electron chi connectivity index (χ1n) is 10.0. The minimum atomic E-state index is -2.09. The molecule has 0 amide bonds. The van der Waals surface area contributed by atoms with Gasteiger partial charge in [-0.2, -0.15) is 0 Å². The third kappa shape index (κ3) is 9.24. The number of hydrogen-bond donors (Lipinski definition) is 2. The van der Waals surface area contributed by atoms with Crippen LogP contribution in [0, 0.1) is 5.92 Å². The van der Waals surface area contributed by atoms with Gasteiger partial charge in [-0.25, -0.2) is 9.59 Å². The van der Waals surface area contributed by atoms with Gasteiger partial charge in [0.05, 0.1) is 6.61 Å². The van der Waals surface area contributed by atoms with Crippen LogP contribution in [0.3, 0.4) is 0 Å². The summed E-state index contributed by atoms with van der Waals surface area (Å²) < 4.78 is 5.55. The van der Waals surface area contributed by atoms with Crippen molar-refractivity contribution < 1.29 is 24.5 Å². The maximum absolute atomic E-state index is 11.7. The number of ether oxygens (including phenoxy) is 1. The van der Waals surface area contributed by atoms with Crippen LogP contribution in [0.1, 0.15) is 97.8 Å². The number of carboxylic acid groups (broad SMARTS) is 2. The second-order valence-corrected chi connectivity index (χ2v) is 7.04. The fourth-order valence-electron chi connectivity index (χ4n) is 2.99. The molecule has 0 fully saturated rings. The van der Waals surface area contributed by atoms with Crippen LogP contribution in [0.2, 0.25) is 0 Å². The zero-order valence-corrected chi connectivity index (χ0v) is 16.4. The van der Waals surface area contributed by atoms with E-state index in [1.807, 2.05) is 6.92 Å². The SMILES string of the molecule is CCCCCCCCCC(OCC(CC)CCCC)(C(=O)O)C(=O)O. The van der Waals surface area contributed by atoms with E-state index in [0.717, 1.165) is 44.9 Å². The van der Waals surface area contributed by atoms with Gasteiger partial charge in [0.1, 0.15) is 0 Å². The maximum Gasteiger partial charge on any atom is 0.347 e. The molecule has 1 atom stereocenters. The molecule has 0 aromatic carbocycles. The van der Waals surface area contributed by atoms with Crippen LogP contribution in [0.5, 0.6) is 0 Å². The second kappa shape index (κ2) is 14.1. The largest absolute Gasteiger partial charge is 0.479 e. The molecule has 0 aromatic heterocycles. The van der Waals surface area contributed by atoms with Gasteiger partial charge in [-0.15, -0.1) is 0 Å². The lowest BCUT2D eigenvalue weighted by atomic mass is 9.94. The highest BCUT2D eigenvalue weighted by molar-refractivity contribution is 6.01. The Bertz CT molecular complexity index is 353. The van der Waals surface area contributed by atoms with Gasteiger partial charge in [0.2, 0.25) is 0 Å². The van der Waals surface area contributed by atoms with Gasteiger partial charge in [0.15, 0.2) is 0 Å². The Morgan fingerprint density at radius 2 is 1.36 bits per heavy atom. The first kappa shape index (κ1) is 23.9. The molecule has 2 N–H and O–H groups in total. The molecule has 25 heavy (non-hydrogen) atoms. The molecule has 0 aliphatic rings. The van der Waals surface area contributed by atoms with E-state index in [-0.39, 0.29) is 18.9 Å². The lowest BCUT2D eigenvalue weighted by Gasteiger charge is -2.27. The zero-order chi connectivity index (χ0) is 19.1. The minimum absolute atomic E-state index is 0.0374. The first-order chi connectivity index (χ1) is 11.9. The third-order valence-electron chi connectivity index (χ3n) is 4.93. The number of aliphatic carboxylic acids is 2. The molecular weight excluding hydrogens is 320 g/mol. The van der Waals surface area contributed by atoms with Crippen LogP contribution in [0.25, 0.3) is 0 Å². The summed E-state index contributed by atoms with van der Waals surface area (Å²) >= 11 is 0. The summed E-state index contributed by atoms with van der Waals surface area (Å²) in [6.45, 7) is 6.50. The van der Waals surface area contributed by atoms with Gasteiger partial charge in [-0.1, -0.05) is 78.6 Å². The molecule has 0 heterocycles. The van der Waals surface area contributed by atoms with Gasteiger partial charge in [-0.3, -0.25) is 0 Å². The predicted octanol–water partition coefficient (Wildman–Crippen LogP) is 5.27. The lowest BCUT2D eigenvalue weighted by molar-refractivity contribution is -0.186. The van der Waals surface area contributed by atoms with E-state index < -0.39 is 17.5 Å². The van der Waals surface area contributed by atoms with Crippen molar-refractivity contribution in [1.82, 2.24) is 0 Å². The Labute approximate surface area is 153 Å². The fourth-order valence-corrected chi connectivity index (χ4v) is 2.99. The molecule has 0 radical (unpaired) electrons. The van der Waals surface area contributed by atoms with Gasteiger partial charge < -0.3 is 14.9 Å². The van der Waals surface area contributed by atoms with Crippen LogP contribution < -0.4 is 0 Å². The summed E-state index contributed by atoms with van der Waals surface area (Å²) in [7, 11) is 0. The summed E-state index contributed by atoms with van der Waals surface area (Å²) in [5.41, 5.74) is -2.09. The van der Waals surface area contributed by atoms with Crippen molar-refractivity contribution in [3.8, 4) is 0 Å². The Morgan fingerprint density at radius 3 is 1.84 bits per heavy atom. The van der Waals surface area contributed by atoms with Crippen molar-refractivity contribution in [3.05, 3.63) is 0 Å². The molecule has 5 heteroatoms. The average Bonchev–Trinajstić information content (AvgIpc) is 2.58. The minimum Gasteiger partial charge on any atom is -0.479 e. The summed E-state index contributed by atoms with van der Waals surface area (Å²) in [5.74, 6) is -2.54. The third-order valence-corrected chi connectivity index (χ3v) is 4.93. The molecule has 5 nitrogen and oxygen atoms in total. The van der Waals surface area contributed by atoms with Crippen LogP contribution in [0.4, 0.5) is 0 Å². The van der Waals surface area contributed by atoms with E-state index in [1.54, 1.807) is 0 Å². The van der Waals surface area contributed by atoms with Crippen LogP contribution in [-0.2, 0) is 14.3 Å². The molecule has 0 spiro atoms. The molecule has 0 aliphatic carbocycles. The highest BCUT2D eigenvalue weighted by Crippen LogP contribution is 2.25. The molecule has 0 aliphatic heterocycles. The average molecular weight is 359 g/mol. The van der Waals surface area contributed by atoms with E-state index in [0.29, 0.717) is 6.42 Å². The Morgan fingerprint density at radius 1 is 0.840 bits per heavy atom. The monoisotopic (exact) mass is 358 g/mol. The van der Waals surface area contributed by atoms with Crippen LogP contribution in [0.15, 0.2) is 0 Å². The van der Waals surface area contributed by atoms with Gasteiger partial charge in [0.25, 0.3) is 5.60 Å².